The molecule has 9 heteroatoms. The van der Waals surface area contributed by atoms with E-state index >= 15 is 0 Å². The van der Waals surface area contributed by atoms with Crippen molar-refractivity contribution < 1.29 is 27.6 Å². The molecule has 6 nitrogen and oxygen atoms in total. The first-order valence-electron chi connectivity index (χ1n) is 8.75. The maximum atomic E-state index is 12.9. The van der Waals surface area contributed by atoms with Gasteiger partial charge in [0.2, 0.25) is 0 Å². The fourth-order valence-corrected chi connectivity index (χ4v) is 2.61. The van der Waals surface area contributed by atoms with E-state index in [0.29, 0.717) is 16.7 Å². The Morgan fingerprint density at radius 3 is 2.55 bits per heavy atom. The predicted octanol–water partition coefficient (Wildman–Crippen LogP) is 3.58. The lowest BCUT2D eigenvalue weighted by atomic mass is 10.0. The van der Waals surface area contributed by atoms with Crippen LogP contribution in [0, 0.1) is 0 Å². The zero-order valence-electron chi connectivity index (χ0n) is 16.2. The number of halogens is 3. The molecular weight excluding hydrogens is 387 g/mol. The number of likely N-dealkylation sites (N-methyl/N-ethyl adjacent to an activating group) is 1. The predicted molar refractivity (Wildman–Crippen MR) is 102 cm³/mol. The van der Waals surface area contributed by atoms with Gasteiger partial charge in [-0.25, -0.2) is 0 Å². The van der Waals surface area contributed by atoms with Gasteiger partial charge in [0.25, 0.3) is 5.91 Å². The second kappa shape index (κ2) is 10.0. The minimum absolute atomic E-state index is 0.0957. The Morgan fingerprint density at radius 2 is 1.90 bits per heavy atom. The number of hydrogen-bond acceptors (Lipinski definition) is 5. The Labute approximate surface area is 166 Å². The molecule has 1 atom stereocenters. The van der Waals surface area contributed by atoms with Crippen molar-refractivity contribution in [1.29, 1.82) is 0 Å². The van der Waals surface area contributed by atoms with Crippen molar-refractivity contribution >= 4 is 11.6 Å². The number of oxime groups is 1. The lowest BCUT2D eigenvalue weighted by Gasteiger charge is -2.17. The highest BCUT2D eigenvalue weighted by Gasteiger charge is 2.30. The van der Waals surface area contributed by atoms with Gasteiger partial charge < -0.3 is 10.2 Å². The minimum atomic E-state index is -4.42. The summed E-state index contributed by atoms with van der Waals surface area (Å²) in [5.74, 6) is -0.419. The molecule has 0 heterocycles. The number of hydroxylamine groups is 1. The van der Waals surface area contributed by atoms with Crippen molar-refractivity contribution in [3.8, 4) is 0 Å². The van der Waals surface area contributed by atoms with Gasteiger partial charge in [-0.1, -0.05) is 41.6 Å². The monoisotopic (exact) mass is 409 g/mol. The number of carbonyl (C=O) groups excluding carboxylic acids is 1. The maximum absolute atomic E-state index is 12.9. The quantitative estimate of drug-likeness (QED) is 0.516. The molecule has 156 valence electrons. The van der Waals surface area contributed by atoms with Gasteiger partial charge in [0.15, 0.2) is 5.71 Å². The molecule has 29 heavy (non-hydrogen) atoms. The van der Waals surface area contributed by atoms with Crippen molar-refractivity contribution in [3.05, 3.63) is 70.8 Å². The molecule has 0 radical (unpaired) electrons. The van der Waals surface area contributed by atoms with Gasteiger partial charge in [0.05, 0.1) is 5.56 Å². The normalized spacial score (nSPS) is 13.1. The Morgan fingerprint density at radius 1 is 1.17 bits per heavy atom. The van der Waals surface area contributed by atoms with Gasteiger partial charge in [0, 0.05) is 19.2 Å². The molecule has 2 aromatic carbocycles. The molecule has 2 aromatic rings. The number of nitrogens with zero attached hydrogens (tertiary/aromatic N) is 1. The van der Waals surface area contributed by atoms with E-state index in [9.17, 15) is 18.0 Å². The lowest BCUT2D eigenvalue weighted by Crippen LogP contribution is -2.30. The SMILES string of the molecule is CNC(=O)/C(=N\OC)c1ccccc1CNOC(C)c1cccc(C(F)(F)F)c1. The standard InChI is InChI=1S/C20H22F3N3O3/c1-13(14-8-6-9-16(11-14)20(21,22)23)29-25-12-15-7-4-5-10-17(15)18(26-28-3)19(27)24-2/h4-11,13,25H,12H2,1-3H3,(H,24,27)/b26-18-. The molecule has 0 aromatic heterocycles. The number of rotatable bonds is 8. The van der Waals surface area contributed by atoms with Crippen LogP contribution < -0.4 is 10.8 Å². The van der Waals surface area contributed by atoms with E-state index in [-0.39, 0.29) is 12.3 Å². The maximum Gasteiger partial charge on any atom is 0.416 e. The van der Waals surface area contributed by atoms with Gasteiger partial charge in [-0.2, -0.15) is 18.7 Å². The first-order valence-corrected chi connectivity index (χ1v) is 8.75. The molecule has 0 bridgehead atoms. The minimum Gasteiger partial charge on any atom is -0.398 e. The van der Waals surface area contributed by atoms with E-state index in [1.54, 1.807) is 37.3 Å². The van der Waals surface area contributed by atoms with Crippen LogP contribution in [-0.4, -0.2) is 25.8 Å². The summed E-state index contributed by atoms with van der Waals surface area (Å²) in [6.07, 6.45) is -5.05. The summed E-state index contributed by atoms with van der Waals surface area (Å²) in [6.45, 7) is 1.83. The van der Waals surface area contributed by atoms with Crippen LogP contribution in [0.25, 0.3) is 0 Å². The van der Waals surface area contributed by atoms with Crippen molar-refractivity contribution in [2.45, 2.75) is 25.7 Å². The summed E-state index contributed by atoms with van der Waals surface area (Å²) < 4.78 is 38.6. The largest absolute Gasteiger partial charge is 0.416 e. The Kier molecular flexibility index (Phi) is 7.74. The summed E-state index contributed by atoms with van der Waals surface area (Å²) in [5.41, 5.74) is 3.72. The second-order valence-electron chi connectivity index (χ2n) is 6.06. The van der Waals surface area contributed by atoms with E-state index < -0.39 is 23.8 Å². The number of amides is 1. The molecule has 2 N–H and O–H groups in total. The van der Waals surface area contributed by atoms with Crippen LogP contribution in [0.3, 0.4) is 0 Å². The van der Waals surface area contributed by atoms with Crippen LogP contribution in [0.4, 0.5) is 13.2 Å². The van der Waals surface area contributed by atoms with Crippen LogP contribution in [0.1, 0.15) is 35.3 Å². The van der Waals surface area contributed by atoms with Crippen LogP contribution >= 0.6 is 0 Å². The molecule has 0 aliphatic carbocycles. The number of alkyl halides is 3. The molecule has 0 aliphatic heterocycles. The van der Waals surface area contributed by atoms with Crippen LogP contribution in [-0.2, 0) is 27.2 Å². The van der Waals surface area contributed by atoms with Gasteiger partial charge in [-0.3, -0.25) is 9.63 Å². The van der Waals surface area contributed by atoms with E-state index in [2.05, 4.69) is 16.0 Å². The topological polar surface area (TPSA) is 72.0 Å². The van der Waals surface area contributed by atoms with Crippen LogP contribution in [0.2, 0.25) is 0 Å². The van der Waals surface area contributed by atoms with Crippen LogP contribution in [0.5, 0.6) is 0 Å². The molecular formula is C20H22F3N3O3. The highest BCUT2D eigenvalue weighted by atomic mass is 19.4. The zero-order valence-corrected chi connectivity index (χ0v) is 16.2. The lowest BCUT2D eigenvalue weighted by molar-refractivity contribution is -0.137. The molecule has 0 spiro atoms. The fourth-order valence-electron chi connectivity index (χ4n) is 2.61. The summed E-state index contributed by atoms with van der Waals surface area (Å²) in [4.78, 5) is 22.3. The van der Waals surface area contributed by atoms with Gasteiger partial charge >= 0.3 is 6.18 Å². The first-order chi connectivity index (χ1) is 13.8. The molecule has 1 unspecified atom stereocenters. The molecule has 0 aliphatic rings. The summed E-state index contributed by atoms with van der Waals surface area (Å²) >= 11 is 0. The van der Waals surface area contributed by atoms with Gasteiger partial charge in [-0.05, 0) is 30.2 Å². The fraction of sp³-hybridized carbons (Fsp3) is 0.300. The number of carbonyl (C=O) groups is 1. The van der Waals surface area contributed by atoms with Crippen molar-refractivity contribution in [1.82, 2.24) is 10.8 Å². The smallest absolute Gasteiger partial charge is 0.398 e. The van der Waals surface area contributed by atoms with Crippen molar-refractivity contribution in [2.24, 2.45) is 5.16 Å². The zero-order chi connectivity index (χ0) is 21.4. The molecule has 0 saturated heterocycles. The number of nitrogens with one attached hydrogen (secondary N) is 2. The van der Waals surface area contributed by atoms with E-state index in [1.165, 1.54) is 20.2 Å². The van der Waals surface area contributed by atoms with E-state index in [0.717, 1.165) is 12.1 Å². The summed E-state index contributed by atoms with van der Waals surface area (Å²) in [7, 11) is 2.82. The molecule has 2 rings (SSSR count). The van der Waals surface area contributed by atoms with E-state index in [1.807, 2.05) is 0 Å². The summed E-state index contributed by atoms with van der Waals surface area (Å²) in [6, 6.07) is 12.0. The van der Waals surface area contributed by atoms with E-state index in [4.69, 9.17) is 9.68 Å². The average molecular weight is 409 g/mol. The van der Waals surface area contributed by atoms with Gasteiger partial charge in [-0.15, -0.1) is 0 Å². The Bertz CT molecular complexity index is 869. The third kappa shape index (κ3) is 6.03. The highest BCUT2D eigenvalue weighted by molar-refractivity contribution is 6.45. The van der Waals surface area contributed by atoms with Gasteiger partial charge in [0.1, 0.15) is 13.2 Å². The number of hydrogen-bond donors (Lipinski definition) is 2. The molecule has 1 amide bonds. The Hall–Kier alpha value is -2.91. The van der Waals surface area contributed by atoms with Crippen molar-refractivity contribution in [3.63, 3.8) is 0 Å². The molecule has 0 fully saturated rings. The van der Waals surface area contributed by atoms with Crippen LogP contribution in [0.15, 0.2) is 53.7 Å². The second-order valence-corrected chi connectivity index (χ2v) is 6.06. The molecule has 0 saturated carbocycles. The first kappa shape index (κ1) is 22.4. The van der Waals surface area contributed by atoms with Crippen molar-refractivity contribution in [2.75, 3.05) is 14.2 Å². The third-order valence-electron chi connectivity index (χ3n) is 4.10. The third-order valence-corrected chi connectivity index (χ3v) is 4.10. The Balaban J connectivity index is 2.10. The number of benzene rings is 2. The highest BCUT2D eigenvalue weighted by Crippen LogP contribution is 2.31. The average Bonchev–Trinajstić information content (AvgIpc) is 2.71. The summed E-state index contributed by atoms with van der Waals surface area (Å²) in [5, 5.41) is 6.27.